The minimum atomic E-state index is -0.156. The van der Waals surface area contributed by atoms with E-state index in [0.29, 0.717) is 13.2 Å². The topological polar surface area (TPSA) is 58.9 Å². The van der Waals surface area contributed by atoms with E-state index in [9.17, 15) is 0 Å². The minimum absolute atomic E-state index is 0. The van der Waals surface area contributed by atoms with E-state index < -0.39 is 0 Å². The minimum Gasteiger partial charge on any atom is -1.00 e. The molecule has 0 spiro atoms. The zero-order chi connectivity index (χ0) is 8.24. The summed E-state index contributed by atoms with van der Waals surface area (Å²) in [6, 6.07) is 0. The normalized spacial score (nSPS) is 7.00. The number of hydrogen-bond acceptors (Lipinski definition) is 4. The van der Waals surface area contributed by atoms with Gasteiger partial charge in [0.15, 0.2) is 0 Å². The SMILES string of the molecule is CCOCO.CCOCO.[Al].[H-].[Na+]. The van der Waals surface area contributed by atoms with Crippen molar-refractivity contribution in [3.63, 3.8) is 0 Å². The van der Waals surface area contributed by atoms with Crippen LogP contribution in [0.15, 0.2) is 0 Å². The molecular formula is C6H17AlNaO4. The van der Waals surface area contributed by atoms with E-state index in [0.717, 1.165) is 0 Å². The second kappa shape index (κ2) is 29.4. The summed E-state index contributed by atoms with van der Waals surface area (Å²) in [5, 5.41) is 15.7. The average Bonchev–Trinajstić information content (AvgIpc) is 1.93. The van der Waals surface area contributed by atoms with E-state index in [1.54, 1.807) is 0 Å². The third kappa shape index (κ3) is 42.4. The molecule has 0 aliphatic heterocycles. The first-order chi connectivity index (χ1) is 4.83. The van der Waals surface area contributed by atoms with Crippen LogP contribution < -0.4 is 29.6 Å². The molecule has 69 valence electrons. The molecule has 0 saturated carbocycles. The van der Waals surface area contributed by atoms with Crippen LogP contribution in [0.2, 0.25) is 0 Å². The van der Waals surface area contributed by atoms with Crippen LogP contribution in [0.4, 0.5) is 0 Å². The summed E-state index contributed by atoms with van der Waals surface area (Å²) < 4.78 is 8.78. The maximum absolute atomic E-state index is 7.84. The summed E-state index contributed by atoms with van der Waals surface area (Å²) in [4.78, 5) is 0. The van der Waals surface area contributed by atoms with Crippen LogP contribution in [0.5, 0.6) is 0 Å². The zero-order valence-electron chi connectivity index (χ0n) is 9.12. The molecule has 0 amide bonds. The van der Waals surface area contributed by atoms with Gasteiger partial charge < -0.3 is 21.1 Å². The Labute approximate surface area is 108 Å². The van der Waals surface area contributed by atoms with Gasteiger partial charge in [-0.15, -0.1) is 0 Å². The molecule has 0 fully saturated rings. The molecule has 6 heteroatoms. The van der Waals surface area contributed by atoms with Gasteiger partial charge in [0.2, 0.25) is 0 Å². The van der Waals surface area contributed by atoms with Crippen LogP contribution in [0.1, 0.15) is 15.3 Å². The van der Waals surface area contributed by atoms with E-state index in [1.165, 1.54) is 0 Å². The van der Waals surface area contributed by atoms with Crippen LogP contribution in [0.3, 0.4) is 0 Å². The summed E-state index contributed by atoms with van der Waals surface area (Å²) in [6.45, 7) is 4.53. The molecule has 0 unspecified atom stereocenters. The Balaban J connectivity index is -0.0000000267. The number of rotatable bonds is 4. The maximum Gasteiger partial charge on any atom is 1.00 e. The van der Waals surface area contributed by atoms with Gasteiger partial charge in [0.05, 0.1) is 0 Å². The van der Waals surface area contributed by atoms with E-state index in [2.05, 4.69) is 9.47 Å². The third-order valence-electron chi connectivity index (χ3n) is 0.591. The first kappa shape index (κ1) is 23.3. The first-order valence-corrected chi connectivity index (χ1v) is 3.20. The Hall–Kier alpha value is 1.37. The monoisotopic (exact) mass is 203 g/mol. The molecule has 0 aromatic carbocycles. The van der Waals surface area contributed by atoms with Crippen LogP contribution >= 0.6 is 0 Å². The van der Waals surface area contributed by atoms with Crippen molar-refractivity contribution in [3.05, 3.63) is 0 Å². The molecule has 12 heavy (non-hydrogen) atoms. The third-order valence-corrected chi connectivity index (χ3v) is 0.591. The Bertz CT molecular complexity index is 45.6. The van der Waals surface area contributed by atoms with Gasteiger partial charge in [0, 0.05) is 30.6 Å². The van der Waals surface area contributed by atoms with Gasteiger partial charge >= 0.3 is 29.6 Å². The van der Waals surface area contributed by atoms with Crippen LogP contribution in [-0.4, -0.2) is 54.4 Å². The Morgan fingerprint density at radius 3 is 1.25 bits per heavy atom. The number of aliphatic hydroxyl groups excluding tert-OH is 2. The quantitative estimate of drug-likeness (QED) is 0.371. The molecule has 0 atom stereocenters. The van der Waals surface area contributed by atoms with Crippen LogP contribution in [0.25, 0.3) is 0 Å². The summed E-state index contributed by atoms with van der Waals surface area (Å²) in [5.74, 6) is 0. The van der Waals surface area contributed by atoms with E-state index in [4.69, 9.17) is 10.2 Å². The van der Waals surface area contributed by atoms with Crippen molar-refractivity contribution in [2.45, 2.75) is 13.8 Å². The van der Waals surface area contributed by atoms with Gasteiger partial charge in [-0.05, 0) is 13.8 Å². The number of ether oxygens (including phenoxy) is 2. The van der Waals surface area contributed by atoms with Crippen molar-refractivity contribution in [1.82, 2.24) is 0 Å². The molecule has 0 aliphatic carbocycles. The smallest absolute Gasteiger partial charge is 1.00 e. The maximum atomic E-state index is 7.84. The van der Waals surface area contributed by atoms with Gasteiger partial charge in [-0.3, -0.25) is 0 Å². The van der Waals surface area contributed by atoms with Crippen molar-refractivity contribution in [1.29, 1.82) is 0 Å². The van der Waals surface area contributed by atoms with E-state index in [-0.39, 0.29) is 61.9 Å². The summed E-state index contributed by atoms with van der Waals surface area (Å²) in [7, 11) is 0. The second-order valence-corrected chi connectivity index (χ2v) is 1.24. The summed E-state index contributed by atoms with van der Waals surface area (Å²) in [6.07, 6.45) is 0. The zero-order valence-corrected chi connectivity index (χ0v) is 11.3. The predicted octanol–water partition coefficient (Wildman–Crippen LogP) is -3.32. The van der Waals surface area contributed by atoms with Gasteiger partial charge in [0.1, 0.15) is 13.6 Å². The van der Waals surface area contributed by atoms with Gasteiger partial charge in [0.25, 0.3) is 0 Å². The van der Waals surface area contributed by atoms with Crippen molar-refractivity contribution >= 4 is 17.4 Å². The molecule has 2 N–H and O–H groups in total. The van der Waals surface area contributed by atoms with Crippen LogP contribution in [0, 0.1) is 0 Å². The van der Waals surface area contributed by atoms with Gasteiger partial charge in [-0.2, -0.15) is 0 Å². The van der Waals surface area contributed by atoms with Crippen molar-refractivity contribution in [3.8, 4) is 0 Å². The first-order valence-electron chi connectivity index (χ1n) is 3.20. The van der Waals surface area contributed by atoms with Crippen molar-refractivity contribution in [2.24, 2.45) is 0 Å². The predicted molar refractivity (Wildman–Crippen MR) is 44.3 cm³/mol. The van der Waals surface area contributed by atoms with E-state index in [1.807, 2.05) is 13.8 Å². The van der Waals surface area contributed by atoms with Crippen molar-refractivity contribution in [2.75, 3.05) is 26.8 Å². The molecule has 0 heterocycles. The van der Waals surface area contributed by atoms with E-state index >= 15 is 0 Å². The second-order valence-electron chi connectivity index (χ2n) is 1.24. The fraction of sp³-hybridized carbons (Fsp3) is 1.00. The Morgan fingerprint density at radius 2 is 1.25 bits per heavy atom. The molecule has 0 aliphatic rings. The number of aliphatic hydroxyl groups is 2. The molecular weight excluding hydrogens is 186 g/mol. The van der Waals surface area contributed by atoms with Gasteiger partial charge in [-0.25, -0.2) is 0 Å². The largest absolute Gasteiger partial charge is 1.00 e. The molecule has 0 aromatic rings. The summed E-state index contributed by atoms with van der Waals surface area (Å²) >= 11 is 0. The molecule has 0 saturated heterocycles. The molecule has 3 radical (unpaired) electrons. The molecule has 0 rings (SSSR count). The molecule has 4 nitrogen and oxygen atoms in total. The standard InChI is InChI=1S/2C3H8O2.Al.Na.H/c2*1-2-5-3-4;;;/h2*4H,2-3H2,1H3;;;/q;;;+1;-1. The molecule has 0 aromatic heterocycles. The fourth-order valence-corrected chi connectivity index (χ4v) is 0.183. The Kier molecular flexibility index (Phi) is 57.2. The van der Waals surface area contributed by atoms with Crippen LogP contribution in [-0.2, 0) is 9.47 Å². The van der Waals surface area contributed by atoms with Crippen molar-refractivity contribution < 1.29 is 50.7 Å². The summed E-state index contributed by atoms with van der Waals surface area (Å²) in [5.41, 5.74) is 0. The van der Waals surface area contributed by atoms with Gasteiger partial charge in [-0.1, -0.05) is 0 Å². The average molecular weight is 203 g/mol. The Morgan fingerprint density at radius 1 is 1.00 bits per heavy atom. The fourth-order valence-electron chi connectivity index (χ4n) is 0.183. The molecule has 0 bridgehead atoms. The number of hydrogen-bond donors (Lipinski definition) is 2.